The van der Waals surface area contributed by atoms with E-state index in [1.54, 1.807) is 6.92 Å². The van der Waals surface area contributed by atoms with E-state index in [0.717, 1.165) is 12.5 Å². The van der Waals surface area contributed by atoms with Crippen molar-refractivity contribution in [2.24, 2.45) is 5.92 Å². The van der Waals surface area contributed by atoms with Crippen molar-refractivity contribution in [3.63, 3.8) is 0 Å². The number of carbonyl (C=O) groups is 2. The van der Waals surface area contributed by atoms with Gasteiger partial charge in [-0.3, -0.25) is 4.79 Å². The summed E-state index contributed by atoms with van der Waals surface area (Å²) in [6.45, 7) is 2.75. The Morgan fingerprint density at radius 3 is 2.67 bits per heavy atom. The normalized spacial score (nSPS) is 16.9. The van der Waals surface area contributed by atoms with Crippen LogP contribution < -0.4 is 10.6 Å². The van der Waals surface area contributed by atoms with Gasteiger partial charge >= 0.3 is 5.97 Å². The number of esters is 1. The van der Waals surface area contributed by atoms with Crippen LogP contribution in [0.2, 0.25) is 0 Å². The van der Waals surface area contributed by atoms with Gasteiger partial charge in [-0.25, -0.2) is 4.79 Å². The summed E-state index contributed by atoms with van der Waals surface area (Å²) in [6, 6.07) is -0.578. The Hall–Kier alpha value is -1.10. The molecule has 2 N–H and O–H groups in total. The fourth-order valence-corrected chi connectivity index (χ4v) is 1.24. The van der Waals surface area contributed by atoms with Crippen molar-refractivity contribution >= 4 is 11.9 Å². The quantitative estimate of drug-likeness (QED) is 0.594. The monoisotopic (exact) mass is 214 g/mol. The highest BCUT2D eigenvalue weighted by Gasteiger charge is 2.21. The maximum Gasteiger partial charge on any atom is 0.328 e. The van der Waals surface area contributed by atoms with Crippen LogP contribution in [0.4, 0.5) is 0 Å². The van der Waals surface area contributed by atoms with Crippen LogP contribution in [-0.2, 0) is 14.3 Å². The van der Waals surface area contributed by atoms with E-state index in [-0.39, 0.29) is 12.5 Å². The van der Waals surface area contributed by atoms with Gasteiger partial charge in [0.25, 0.3) is 0 Å². The third-order valence-electron chi connectivity index (χ3n) is 2.35. The number of amides is 1. The van der Waals surface area contributed by atoms with Gasteiger partial charge in [0.15, 0.2) is 0 Å². The number of rotatable bonds is 6. The molecule has 1 amide bonds. The molecule has 5 nitrogen and oxygen atoms in total. The van der Waals surface area contributed by atoms with Gasteiger partial charge in [0.1, 0.15) is 6.04 Å². The minimum Gasteiger partial charge on any atom is -0.467 e. The number of hydrogen-bond donors (Lipinski definition) is 2. The number of hydrogen-bond acceptors (Lipinski definition) is 4. The molecule has 86 valence electrons. The van der Waals surface area contributed by atoms with Crippen molar-refractivity contribution < 1.29 is 14.3 Å². The van der Waals surface area contributed by atoms with Gasteiger partial charge in [0, 0.05) is 0 Å². The first-order chi connectivity index (χ1) is 7.13. The molecule has 0 aromatic heterocycles. The molecule has 0 spiro atoms. The molecule has 0 radical (unpaired) electrons. The van der Waals surface area contributed by atoms with E-state index in [4.69, 9.17) is 0 Å². The van der Waals surface area contributed by atoms with Crippen molar-refractivity contribution in [3.05, 3.63) is 0 Å². The summed E-state index contributed by atoms with van der Waals surface area (Å²) < 4.78 is 4.49. The first kappa shape index (κ1) is 12.0. The highest BCUT2D eigenvalue weighted by atomic mass is 16.5. The lowest BCUT2D eigenvalue weighted by Crippen LogP contribution is -2.43. The molecular weight excluding hydrogens is 196 g/mol. The zero-order valence-electron chi connectivity index (χ0n) is 9.21. The van der Waals surface area contributed by atoms with Crippen LogP contribution in [0.5, 0.6) is 0 Å². The van der Waals surface area contributed by atoms with E-state index < -0.39 is 12.0 Å². The fraction of sp³-hybridized carbons (Fsp3) is 0.800. The highest BCUT2D eigenvalue weighted by Crippen LogP contribution is 2.27. The van der Waals surface area contributed by atoms with Crippen molar-refractivity contribution in [1.29, 1.82) is 0 Å². The Bertz CT molecular complexity index is 239. The van der Waals surface area contributed by atoms with Crippen LogP contribution in [0.1, 0.15) is 19.8 Å². The molecule has 1 atom stereocenters. The fourth-order valence-electron chi connectivity index (χ4n) is 1.24. The van der Waals surface area contributed by atoms with E-state index in [2.05, 4.69) is 15.4 Å². The number of ether oxygens (including phenoxy) is 1. The van der Waals surface area contributed by atoms with Crippen molar-refractivity contribution in [1.82, 2.24) is 10.6 Å². The summed E-state index contributed by atoms with van der Waals surface area (Å²) in [4.78, 5) is 22.3. The molecule has 1 saturated carbocycles. The Kier molecular flexibility index (Phi) is 4.55. The molecular formula is C10H18N2O3. The highest BCUT2D eigenvalue weighted by molar-refractivity contribution is 5.85. The van der Waals surface area contributed by atoms with Gasteiger partial charge in [0.05, 0.1) is 13.7 Å². The average molecular weight is 214 g/mol. The molecule has 1 aliphatic carbocycles. The van der Waals surface area contributed by atoms with Crippen LogP contribution in [0, 0.1) is 5.92 Å². The first-order valence-corrected chi connectivity index (χ1v) is 5.21. The summed E-state index contributed by atoms with van der Waals surface area (Å²) in [5.74, 6) is 0.148. The van der Waals surface area contributed by atoms with Gasteiger partial charge in [-0.15, -0.1) is 0 Å². The van der Waals surface area contributed by atoms with E-state index in [1.165, 1.54) is 20.0 Å². The van der Waals surface area contributed by atoms with E-state index >= 15 is 0 Å². The molecule has 0 saturated heterocycles. The van der Waals surface area contributed by atoms with Crippen LogP contribution in [0.3, 0.4) is 0 Å². The number of nitrogens with one attached hydrogen (secondary N) is 2. The van der Waals surface area contributed by atoms with Gasteiger partial charge in [-0.1, -0.05) is 0 Å². The second-order valence-corrected chi connectivity index (χ2v) is 3.89. The maximum atomic E-state index is 11.3. The van der Waals surface area contributed by atoms with Crippen LogP contribution >= 0.6 is 0 Å². The molecule has 0 bridgehead atoms. The standard InChI is InChI=1S/C10H18N2O3/c1-7(10(14)15-2)12-9(13)6-11-5-8-3-4-8/h7-8,11H,3-6H2,1-2H3,(H,12,13)/t7-/m1/s1. The Morgan fingerprint density at radius 2 is 2.13 bits per heavy atom. The molecule has 1 fully saturated rings. The molecule has 0 unspecified atom stereocenters. The topological polar surface area (TPSA) is 67.4 Å². The zero-order valence-corrected chi connectivity index (χ0v) is 9.21. The molecule has 0 aromatic carbocycles. The lowest BCUT2D eigenvalue weighted by atomic mass is 10.3. The van der Waals surface area contributed by atoms with Crippen LogP contribution in [-0.4, -0.2) is 38.1 Å². The third kappa shape index (κ3) is 4.78. The second kappa shape index (κ2) is 5.70. The van der Waals surface area contributed by atoms with Crippen LogP contribution in [0.15, 0.2) is 0 Å². The summed E-state index contributed by atoms with van der Waals surface area (Å²) in [5, 5.41) is 5.59. The number of carbonyl (C=O) groups excluding carboxylic acids is 2. The van der Waals surface area contributed by atoms with E-state index in [0.29, 0.717) is 0 Å². The summed E-state index contributed by atoms with van der Waals surface area (Å²) >= 11 is 0. The lowest BCUT2D eigenvalue weighted by molar-refractivity contribution is -0.144. The molecule has 15 heavy (non-hydrogen) atoms. The van der Waals surface area contributed by atoms with Gasteiger partial charge < -0.3 is 15.4 Å². The summed E-state index contributed by atoms with van der Waals surface area (Å²) in [5.41, 5.74) is 0. The predicted molar refractivity (Wildman–Crippen MR) is 55.2 cm³/mol. The molecule has 0 heterocycles. The molecule has 0 aromatic rings. The molecule has 1 rings (SSSR count). The minimum atomic E-state index is -0.578. The predicted octanol–water partition coefficient (Wildman–Crippen LogP) is -0.336. The summed E-state index contributed by atoms with van der Waals surface area (Å²) in [7, 11) is 1.30. The number of methoxy groups -OCH3 is 1. The second-order valence-electron chi connectivity index (χ2n) is 3.89. The van der Waals surface area contributed by atoms with E-state index in [9.17, 15) is 9.59 Å². The van der Waals surface area contributed by atoms with Gasteiger partial charge in [-0.05, 0) is 32.2 Å². The smallest absolute Gasteiger partial charge is 0.328 e. The van der Waals surface area contributed by atoms with Crippen molar-refractivity contribution in [3.8, 4) is 0 Å². The van der Waals surface area contributed by atoms with Gasteiger partial charge in [0.2, 0.25) is 5.91 Å². The molecule has 1 aliphatic rings. The van der Waals surface area contributed by atoms with Crippen molar-refractivity contribution in [2.75, 3.05) is 20.2 Å². The molecule has 0 aliphatic heterocycles. The van der Waals surface area contributed by atoms with Crippen LogP contribution in [0.25, 0.3) is 0 Å². The Morgan fingerprint density at radius 1 is 1.47 bits per heavy atom. The minimum absolute atomic E-state index is 0.173. The average Bonchev–Trinajstić information content (AvgIpc) is 3.00. The zero-order chi connectivity index (χ0) is 11.3. The molecule has 5 heteroatoms. The maximum absolute atomic E-state index is 11.3. The first-order valence-electron chi connectivity index (χ1n) is 5.21. The SMILES string of the molecule is COC(=O)[C@@H](C)NC(=O)CNCC1CC1. The Labute approximate surface area is 89.6 Å². The Balaban J connectivity index is 2.07. The summed E-state index contributed by atoms with van der Waals surface area (Å²) in [6.07, 6.45) is 2.51. The van der Waals surface area contributed by atoms with E-state index in [1.807, 2.05) is 0 Å². The van der Waals surface area contributed by atoms with Gasteiger partial charge in [-0.2, -0.15) is 0 Å². The largest absolute Gasteiger partial charge is 0.467 e. The lowest BCUT2D eigenvalue weighted by Gasteiger charge is -2.11. The van der Waals surface area contributed by atoms with Crippen molar-refractivity contribution in [2.45, 2.75) is 25.8 Å². The third-order valence-corrected chi connectivity index (χ3v) is 2.35.